The molecule has 0 aromatic carbocycles. The summed E-state index contributed by atoms with van der Waals surface area (Å²) in [6.45, 7) is 4.67. The molecular weight excluding hydrogens is 254 g/mol. The molecule has 2 rings (SSSR count). The lowest BCUT2D eigenvalue weighted by Gasteiger charge is -2.44. The number of piperazine rings is 1. The van der Waals surface area contributed by atoms with Crippen molar-refractivity contribution in [2.45, 2.75) is 52.1 Å². The molecule has 0 spiro atoms. The summed E-state index contributed by atoms with van der Waals surface area (Å²) in [6, 6.07) is -1.44. The van der Waals surface area contributed by atoms with E-state index in [1.807, 2.05) is 0 Å². The molecule has 1 saturated carbocycles. The Kier molecular flexibility index (Phi) is 3.53. The van der Waals surface area contributed by atoms with E-state index in [-0.39, 0.29) is 17.7 Å². The van der Waals surface area contributed by atoms with Crippen LogP contribution in [0.3, 0.4) is 0 Å². The Bertz CT molecular complexity index is 389. The van der Waals surface area contributed by atoms with Crippen molar-refractivity contribution in [2.75, 3.05) is 6.54 Å². The fourth-order valence-electron chi connectivity index (χ4n) is 2.70. The highest BCUT2D eigenvalue weighted by molar-refractivity contribution is 5.97. The summed E-state index contributed by atoms with van der Waals surface area (Å²) in [4.78, 5) is 25.6. The predicted molar refractivity (Wildman–Crippen MR) is 65.6 cm³/mol. The third-order valence-corrected chi connectivity index (χ3v) is 3.66. The van der Waals surface area contributed by atoms with Gasteiger partial charge in [-0.15, -0.1) is 0 Å². The van der Waals surface area contributed by atoms with Gasteiger partial charge in [-0.3, -0.25) is 9.59 Å². The third-order valence-electron chi connectivity index (χ3n) is 3.66. The quantitative estimate of drug-likeness (QED) is 0.846. The van der Waals surface area contributed by atoms with Crippen LogP contribution in [0.2, 0.25) is 0 Å². The average Bonchev–Trinajstić information content (AvgIpc) is 3.03. The van der Waals surface area contributed by atoms with Crippen LogP contribution in [-0.4, -0.2) is 41.8 Å². The topological polar surface area (TPSA) is 49.4 Å². The normalized spacial score (nSPS) is 28.8. The number of hydrogen-bond acceptors (Lipinski definition) is 2. The fraction of sp³-hybridized carbons (Fsp3) is 0.846. The molecule has 0 radical (unpaired) electrons. The van der Waals surface area contributed by atoms with Gasteiger partial charge in [0.1, 0.15) is 12.1 Å². The molecule has 0 aromatic heterocycles. The number of alkyl halides is 2. The highest BCUT2D eigenvalue weighted by Gasteiger charge is 2.50. The second kappa shape index (κ2) is 4.72. The minimum atomic E-state index is -2.63. The van der Waals surface area contributed by atoms with Crippen molar-refractivity contribution >= 4 is 11.8 Å². The molecule has 0 aromatic rings. The van der Waals surface area contributed by atoms with Crippen LogP contribution in [0, 0.1) is 11.3 Å². The van der Waals surface area contributed by atoms with Gasteiger partial charge in [-0.1, -0.05) is 20.8 Å². The van der Waals surface area contributed by atoms with Gasteiger partial charge in [-0.05, 0) is 24.2 Å². The zero-order valence-electron chi connectivity index (χ0n) is 11.5. The van der Waals surface area contributed by atoms with Crippen LogP contribution >= 0.6 is 0 Å². The standard InChI is InChI=1S/C13H20F2N2O2/c1-13(2,3)10-11(18)16-9(7-4-5-7)12(19)17(10)6-8(14)15/h7-10H,4-6H2,1-3H3,(H,16,18). The van der Waals surface area contributed by atoms with Gasteiger partial charge in [0.25, 0.3) is 6.43 Å². The van der Waals surface area contributed by atoms with Crippen LogP contribution in [0.25, 0.3) is 0 Å². The van der Waals surface area contributed by atoms with Crippen molar-refractivity contribution in [3.8, 4) is 0 Å². The zero-order chi connectivity index (χ0) is 14.4. The molecule has 108 valence electrons. The molecule has 1 heterocycles. The summed E-state index contributed by atoms with van der Waals surface area (Å²) in [6.07, 6.45) is -0.877. The van der Waals surface area contributed by atoms with Crippen LogP contribution in [0.5, 0.6) is 0 Å². The van der Waals surface area contributed by atoms with Gasteiger partial charge >= 0.3 is 0 Å². The van der Waals surface area contributed by atoms with Crippen molar-refractivity contribution in [3.05, 3.63) is 0 Å². The summed E-state index contributed by atoms with van der Waals surface area (Å²) in [7, 11) is 0. The van der Waals surface area contributed by atoms with E-state index in [1.165, 1.54) is 0 Å². The minimum Gasteiger partial charge on any atom is -0.342 e. The minimum absolute atomic E-state index is 0.123. The van der Waals surface area contributed by atoms with E-state index in [1.54, 1.807) is 20.8 Å². The molecule has 1 N–H and O–H groups in total. The van der Waals surface area contributed by atoms with Gasteiger partial charge in [0.2, 0.25) is 11.8 Å². The molecular formula is C13H20F2N2O2. The summed E-state index contributed by atoms with van der Waals surface area (Å²) < 4.78 is 25.4. The lowest BCUT2D eigenvalue weighted by molar-refractivity contribution is -0.156. The molecule has 0 bridgehead atoms. The van der Waals surface area contributed by atoms with E-state index in [0.717, 1.165) is 17.7 Å². The Labute approximate surface area is 111 Å². The average molecular weight is 274 g/mol. The Hall–Kier alpha value is -1.20. The van der Waals surface area contributed by atoms with Crippen molar-refractivity contribution in [2.24, 2.45) is 11.3 Å². The van der Waals surface area contributed by atoms with Crippen molar-refractivity contribution in [1.29, 1.82) is 0 Å². The van der Waals surface area contributed by atoms with Crippen LogP contribution in [0.15, 0.2) is 0 Å². The van der Waals surface area contributed by atoms with E-state index in [0.29, 0.717) is 0 Å². The number of carbonyl (C=O) groups is 2. The predicted octanol–water partition coefficient (Wildman–Crippen LogP) is 1.40. The van der Waals surface area contributed by atoms with Gasteiger partial charge in [-0.2, -0.15) is 0 Å². The summed E-state index contributed by atoms with van der Waals surface area (Å²) in [5.74, 6) is -0.551. The van der Waals surface area contributed by atoms with E-state index in [2.05, 4.69) is 5.32 Å². The molecule has 2 unspecified atom stereocenters. The Morgan fingerprint density at radius 2 is 1.89 bits per heavy atom. The SMILES string of the molecule is CC(C)(C)C1C(=O)NC(C2CC2)C(=O)N1CC(F)F. The number of amides is 2. The summed E-state index contributed by atoms with van der Waals surface area (Å²) >= 11 is 0. The number of nitrogens with one attached hydrogen (secondary N) is 1. The van der Waals surface area contributed by atoms with E-state index >= 15 is 0 Å². The zero-order valence-corrected chi connectivity index (χ0v) is 11.5. The highest BCUT2D eigenvalue weighted by atomic mass is 19.3. The van der Waals surface area contributed by atoms with Gasteiger partial charge in [-0.25, -0.2) is 8.78 Å². The Balaban J connectivity index is 2.26. The Morgan fingerprint density at radius 1 is 1.32 bits per heavy atom. The monoisotopic (exact) mass is 274 g/mol. The number of hydrogen-bond donors (Lipinski definition) is 1. The van der Waals surface area contributed by atoms with Gasteiger partial charge in [0.15, 0.2) is 0 Å². The van der Waals surface area contributed by atoms with Crippen molar-refractivity contribution < 1.29 is 18.4 Å². The van der Waals surface area contributed by atoms with Crippen LogP contribution in [0.4, 0.5) is 8.78 Å². The molecule has 1 aliphatic heterocycles. The van der Waals surface area contributed by atoms with E-state index < -0.39 is 30.5 Å². The third kappa shape index (κ3) is 2.87. The van der Waals surface area contributed by atoms with Crippen LogP contribution in [0.1, 0.15) is 33.6 Å². The first-order valence-corrected chi connectivity index (χ1v) is 6.61. The maximum absolute atomic E-state index is 12.7. The molecule has 1 aliphatic carbocycles. The second-order valence-corrected chi connectivity index (χ2v) is 6.47. The molecule has 2 amide bonds. The van der Waals surface area contributed by atoms with Gasteiger partial charge in [0.05, 0.1) is 6.54 Å². The highest BCUT2D eigenvalue weighted by Crippen LogP contribution is 2.37. The second-order valence-electron chi connectivity index (χ2n) is 6.47. The molecule has 1 saturated heterocycles. The van der Waals surface area contributed by atoms with Gasteiger partial charge in [0, 0.05) is 0 Å². The first-order valence-electron chi connectivity index (χ1n) is 6.61. The van der Waals surface area contributed by atoms with Crippen LogP contribution in [-0.2, 0) is 9.59 Å². The first kappa shape index (κ1) is 14.2. The number of nitrogens with zero attached hydrogens (tertiary/aromatic N) is 1. The fourth-order valence-corrected chi connectivity index (χ4v) is 2.70. The smallest absolute Gasteiger partial charge is 0.255 e. The number of halogens is 2. The largest absolute Gasteiger partial charge is 0.342 e. The molecule has 19 heavy (non-hydrogen) atoms. The Morgan fingerprint density at radius 3 is 2.32 bits per heavy atom. The molecule has 4 nitrogen and oxygen atoms in total. The first-order chi connectivity index (χ1) is 8.71. The van der Waals surface area contributed by atoms with Crippen LogP contribution < -0.4 is 5.32 Å². The van der Waals surface area contributed by atoms with Gasteiger partial charge < -0.3 is 10.2 Å². The maximum Gasteiger partial charge on any atom is 0.255 e. The van der Waals surface area contributed by atoms with E-state index in [4.69, 9.17) is 0 Å². The van der Waals surface area contributed by atoms with Crippen molar-refractivity contribution in [1.82, 2.24) is 10.2 Å². The van der Waals surface area contributed by atoms with E-state index in [9.17, 15) is 18.4 Å². The number of rotatable bonds is 3. The molecule has 2 aliphatic rings. The molecule has 2 atom stereocenters. The summed E-state index contributed by atoms with van der Waals surface area (Å²) in [5.41, 5.74) is -0.566. The lowest BCUT2D eigenvalue weighted by atomic mass is 9.82. The lowest BCUT2D eigenvalue weighted by Crippen LogP contribution is -2.67. The molecule has 6 heteroatoms. The molecule has 2 fully saturated rings. The summed E-state index contributed by atoms with van der Waals surface area (Å²) in [5, 5.41) is 2.71. The van der Waals surface area contributed by atoms with Crippen molar-refractivity contribution in [3.63, 3.8) is 0 Å². The number of carbonyl (C=O) groups excluding carboxylic acids is 2. The maximum atomic E-state index is 12.7.